The summed E-state index contributed by atoms with van der Waals surface area (Å²) in [4.78, 5) is 0.217. The number of rotatable bonds is 9. The smallest absolute Gasteiger partial charge is 0.240 e. The first-order chi connectivity index (χ1) is 9.53. The van der Waals surface area contributed by atoms with Gasteiger partial charge in [-0.3, -0.25) is 0 Å². The molecule has 2 N–H and O–H groups in total. The van der Waals surface area contributed by atoms with E-state index in [2.05, 4.69) is 18.6 Å². The highest BCUT2D eigenvalue weighted by Crippen LogP contribution is 2.15. The Bertz CT molecular complexity index is 500. The first-order valence-electron chi connectivity index (χ1n) is 7.23. The lowest BCUT2D eigenvalue weighted by atomic mass is 10.00. The molecule has 0 aliphatic carbocycles. The van der Waals surface area contributed by atoms with Crippen molar-refractivity contribution in [3.05, 3.63) is 29.8 Å². The van der Waals surface area contributed by atoms with Gasteiger partial charge in [0.15, 0.2) is 0 Å². The minimum atomic E-state index is -3.48. The number of aliphatic hydroxyl groups excluding tert-OH is 1. The van der Waals surface area contributed by atoms with Crippen LogP contribution in [0.2, 0.25) is 0 Å². The zero-order valence-corrected chi connectivity index (χ0v) is 13.1. The van der Waals surface area contributed by atoms with Gasteiger partial charge in [-0.2, -0.15) is 0 Å². The van der Waals surface area contributed by atoms with Crippen molar-refractivity contribution in [3.63, 3.8) is 0 Å². The molecule has 0 saturated carbocycles. The van der Waals surface area contributed by atoms with E-state index in [1.165, 1.54) is 6.07 Å². The van der Waals surface area contributed by atoms with Crippen LogP contribution in [0.1, 0.15) is 45.1 Å². The SMILES string of the molecule is CCCCC(CC)CNS(=O)(=O)c1cccc(CO)c1. The van der Waals surface area contributed by atoms with Gasteiger partial charge in [0.1, 0.15) is 0 Å². The highest BCUT2D eigenvalue weighted by atomic mass is 32.2. The molecule has 0 aliphatic heterocycles. The molecule has 0 bridgehead atoms. The van der Waals surface area contributed by atoms with E-state index in [9.17, 15) is 8.42 Å². The Balaban J connectivity index is 2.68. The predicted molar refractivity (Wildman–Crippen MR) is 80.9 cm³/mol. The van der Waals surface area contributed by atoms with Crippen LogP contribution in [0.25, 0.3) is 0 Å². The van der Waals surface area contributed by atoms with Gasteiger partial charge in [-0.05, 0) is 30.0 Å². The summed E-state index contributed by atoms with van der Waals surface area (Å²) in [6, 6.07) is 6.41. The quantitative estimate of drug-likeness (QED) is 0.736. The van der Waals surface area contributed by atoms with Gasteiger partial charge in [0.2, 0.25) is 10.0 Å². The molecule has 1 unspecified atom stereocenters. The lowest BCUT2D eigenvalue weighted by Gasteiger charge is -2.15. The summed E-state index contributed by atoms with van der Waals surface area (Å²) in [6.07, 6.45) is 4.27. The number of hydrogen-bond donors (Lipinski definition) is 2. The number of nitrogens with one attached hydrogen (secondary N) is 1. The zero-order valence-electron chi connectivity index (χ0n) is 12.3. The van der Waals surface area contributed by atoms with Crippen molar-refractivity contribution in [3.8, 4) is 0 Å². The summed E-state index contributed by atoms with van der Waals surface area (Å²) in [5.74, 6) is 0.380. The Morgan fingerprint density at radius 3 is 2.65 bits per heavy atom. The first kappa shape index (κ1) is 17.1. The fourth-order valence-corrected chi connectivity index (χ4v) is 3.25. The van der Waals surface area contributed by atoms with Gasteiger partial charge in [0.05, 0.1) is 11.5 Å². The molecule has 1 aromatic rings. The predicted octanol–water partition coefficient (Wildman–Crippen LogP) is 2.67. The molecule has 114 valence electrons. The molecule has 20 heavy (non-hydrogen) atoms. The molecule has 0 heterocycles. The molecular formula is C15H25NO3S. The highest BCUT2D eigenvalue weighted by molar-refractivity contribution is 7.89. The van der Waals surface area contributed by atoms with Crippen molar-refractivity contribution < 1.29 is 13.5 Å². The summed E-state index contributed by atoms with van der Waals surface area (Å²) in [5, 5.41) is 9.07. The maximum atomic E-state index is 12.2. The molecule has 0 saturated heterocycles. The number of unbranched alkanes of at least 4 members (excludes halogenated alkanes) is 1. The standard InChI is InChI=1S/C15H25NO3S/c1-3-5-7-13(4-2)11-16-20(18,19)15-9-6-8-14(10-15)12-17/h6,8-10,13,16-17H,3-5,7,11-12H2,1-2H3. The molecule has 1 atom stereocenters. The van der Waals surface area contributed by atoms with Gasteiger partial charge in [0, 0.05) is 6.54 Å². The van der Waals surface area contributed by atoms with Crippen LogP contribution >= 0.6 is 0 Å². The Hall–Kier alpha value is -0.910. The van der Waals surface area contributed by atoms with E-state index in [4.69, 9.17) is 5.11 Å². The van der Waals surface area contributed by atoms with Crippen molar-refractivity contribution >= 4 is 10.0 Å². The molecule has 1 rings (SSSR count). The summed E-state index contributed by atoms with van der Waals surface area (Å²) < 4.78 is 27.1. The second-order valence-electron chi connectivity index (χ2n) is 5.07. The molecule has 0 fully saturated rings. The number of sulfonamides is 1. The minimum absolute atomic E-state index is 0.155. The minimum Gasteiger partial charge on any atom is -0.392 e. The Morgan fingerprint density at radius 1 is 1.30 bits per heavy atom. The first-order valence-corrected chi connectivity index (χ1v) is 8.71. The average Bonchev–Trinajstić information content (AvgIpc) is 2.47. The number of aliphatic hydroxyl groups is 1. The van der Waals surface area contributed by atoms with Gasteiger partial charge < -0.3 is 5.11 Å². The lowest BCUT2D eigenvalue weighted by molar-refractivity contribution is 0.281. The molecule has 0 spiro atoms. The fraction of sp³-hybridized carbons (Fsp3) is 0.600. The molecule has 0 radical (unpaired) electrons. The normalized spacial score (nSPS) is 13.3. The molecule has 1 aromatic carbocycles. The second kappa shape index (κ2) is 8.39. The summed E-state index contributed by atoms with van der Waals surface area (Å²) >= 11 is 0. The van der Waals surface area contributed by atoms with Crippen LogP contribution in [0.5, 0.6) is 0 Å². The van der Waals surface area contributed by atoms with Crippen LogP contribution < -0.4 is 4.72 Å². The van der Waals surface area contributed by atoms with E-state index in [1.54, 1.807) is 18.2 Å². The highest BCUT2D eigenvalue weighted by Gasteiger charge is 2.16. The summed E-state index contributed by atoms with van der Waals surface area (Å²) in [6.45, 7) is 4.54. The van der Waals surface area contributed by atoms with E-state index < -0.39 is 10.0 Å². The maximum absolute atomic E-state index is 12.2. The van der Waals surface area contributed by atoms with Gasteiger partial charge in [-0.1, -0.05) is 45.2 Å². The maximum Gasteiger partial charge on any atom is 0.240 e. The van der Waals surface area contributed by atoms with Crippen LogP contribution in [0.3, 0.4) is 0 Å². The third-order valence-electron chi connectivity index (χ3n) is 3.50. The Labute approximate surface area is 122 Å². The van der Waals surface area contributed by atoms with Crippen molar-refractivity contribution in [1.82, 2.24) is 4.72 Å². The van der Waals surface area contributed by atoms with Crippen molar-refractivity contribution in [2.45, 2.75) is 51.0 Å². The zero-order chi connectivity index (χ0) is 15.0. The van der Waals surface area contributed by atoms with Gasteiger partial charge in [-0.25, -0.2) is 13.1 Å². The van der Waals surface area contributed by atoms with E-state index >= 15 is 0 Å². The fourth-order valence-electron chi connectivity index (χ4n) is 2.07. The third-order valence-corrected chi connectivity index (χ3v) is 4.92. The van der Waals surface area contributed by atoms with E-state index in [-0.39, 0.29) is 11.5 Å². The average molecular weight is 299 g/mol. The molecule has 4 nitrogen and oxygen atoms in total. The summed E-state index contributed by atoms with van der Waals surface area (Å²) in [5.41, 5.74) is 0.603. The number of hydrogen-bond acceptors (Lipinski definition) is 3. The van der Waals surface area contributed by atoms with E-state index in [1.807, 2.05) is 0 Å². The molecule has 5 heteroatoms. The molecular weight excluding hydrogens is 274 g/mol. The van der Waals surface area contributed by atoms with Crippen LogP contribution in [0, 0.1) is 5.92 Å². The largest absolute Gasteiger partial charge is 0.392 e. The number of benzene rings is 1. The van der Waals surface area contributed by atoms with Gasteiger partial charge >= 0.3 is 0 Å². The monoisotopic (exact) mass is 299 g/mol. The van der Waals surface area contributed by atoms with Crippen molar-refractivity contribution in [2.75, 3.05) is 6.54 Å². The van der Waals surface area contributed by atoms with Gasteiger partial charge in [-0.15, -0.1) is 0 Å². The second-order valence-corrected chi connectivity index (χ2v) is 6.84. The Kier molecular flexibility index (Phi) is 7.19. The Morgan fingerprint density at radius 2 is 2.05 bits per heavy atom. The molecule has 0 amide bonds. The molecule has 0 aliphatic rings. The van der Waals surface area contributed by atoms with Crippen LogP contribution in [0.4, 0.5) is 0 Å². The van der Waals surface area contributed by atoms with Gasteiger partial charge in [0.25, 0.3) is 0 Å². The van der Waals surface area contributed by atoms with E-state index in [0.29, 0.717) is 18.0 Å². The van der Waals surface area contributed by atoms with E-state index in [0.717, 1.165) is 25.7 Å². The summed E-state index contributed by atoms with van der Waals surface area (Å²) in [7, 11) is -3.48. The van der Waals surface area contributed by atoms with Crippen molar-refractivity contribution in [2.24, 2.45) is 5.92 Å². The van der Waals surface area contributed by atoms with Crippen LogP contribution in [-0.4, -0.2) is 20.1 Å². The molecule has 0 aromatic heterocycles. The topological polar surface area (TPSA) is 66.4 Å². The van der Waals surface area contributed by atoms with Crippen LogP contribution in [-0.2, 0) is 16.6 Å². The van der Waals surface area contributed by atoms with Crippen molar-refractivity contribution in [1.29, 1.82) is 0 Å². The van der Waals surface area contributed by atoms with Crippen LogP contribution in [0.15, 0.2) is 29.2 Å². The lowest BCUT2D eigenvalue weighted by Crippen LogP contribution is -2.29. The third kappa shape index (κ3) is 5.23.